The average Bonchev–Trinajstić information content (AvgIpc) is 2.61. The number of fused-ring (bicyclic) bond motifs is 1. The Balaban J connectivity index is 2.38. The minimum atomic E-state index is 0.990. The van der Waals surface area contributed by atoms with Gasteiger partial charge in [-0.2, -0.15) is 0 Å². The molecule has 0 saturated carbocycles. The van der Waals surface area contributed by atoms with Crippen molar-refractivity contribution in [3.05, 3.63) is 23.1 Å². The number of pyridine rings is 1. The van der Waals surface area contributed by atoms with Gasteiger partial charge in [-0.3, -0.25) is 0 Å². The molecule has 0 atom stereocenters. The monoisotopic (exact) mass is 206 g/mol. The van der Waals surface area contributed by atoms with Crippen molar-refractivity contribution in [2.45, 2.75) is 20.3 Å². The van der Waals surface area contributed by atoms with Crippen LogP contribution in [0, 0.1) is 6.92 Å². The van der Waals surface area contributed by atoms with E-state index < -0.39 is 0 Å². The molecule has 0 aliphatic heterocycles. The quantitative estimate of drug-likeness (QED) is 0.832. The van der Waals surface area contributed by atoms with Gasteiger partial charge in [-0.1, -0.05) is 6.92 Å². The summed E-state index contributed by atoms with van der Waals surface area (Å²) < 4.78 is 1.27. The van der Waals surface area contributed by atoms with Crippen LogP contribution >= 0.6 is 11.3 Å². The van der Waals surface area contributed by atoms with Gasteiger partial charge < -0.3 is 5.32 Å². The number of nitrogens with zero attached hydrogens (tertiary/aromatic N) is 1. The first-order valence-electron chi connectivity index (χ1n) is 4.90. The van der Waals surface area contributed by atoms with Crippen molar-refractivity contribution in [3.63, 3.8) is 0 Å². The molecule has 0 aromatic carbocycles. The number of anilines is 1. The summed E-state index contributed by atoms with van der Waals surface area (Å²) in [7, 11) is 0. The van der Waals surface area contributed by atoms with E-state index in [1.54, 1.807) is 11.3 Å². The van der Waals surface area contributed by atoms with Crippen molar-refractivity contribution in [1.82, 2.24) is 4.98 Å². The van der Waals surface area contributed by atoms with Crippen LogP contribution in [-0.4, -0.2) is 11.5 Å². The Bertz CT molecular complexity index is 434. The minimum Gasteiger partial charge on any atom is -0.370 e. The second-order valence-corrected chi connectivity index (χ2v) is 4.33. The molecule has 2 heterocycles. The largest absolute Gasteiger partial charge is 0.370 e. The molecule has 0 fully saturated rings. The summed E-state index contributed by atoms with van der Waals surface area (Å²) in [6.45, 7) is 5.25. The number of hydrogen-bond acceptors (Lipinski definition) is 3. The number of nitrogens with one attached hydrogen (secondary N) is 1. The van der Waals surface area contributed by atoms with Crippen molar-refractivity contribution < 1.29 is 0 Å². The summed E-state index contributed by atoms with van der Waals surface area (Å²) in [4.78, 5) is 4.57. The topological polar surface area (TPSA) is 24.9 Å². The summed E-state index contributed by atoms with van der Waals surface area (Å²) in [5, 5.41) is 5.42. The predicted molar refractivity (Wildman–Crippen MR) is 63.1 cm³/mol. The molecule has 0 bridgehead atoms. The smallest absolute Gasteiger partial charge is 0.129 e. The maximum atomic E-state index is 4.57. The lowest BCUT2D eigenvalue weighted by Crippen LogP contribution is -2.03. The summed E-state index contributed by atoms with van der Waals surface area (Å²) >= 11 is 1.74. The summed E-state index contributed by atoms with van der Waals surface area (Å²) in [6.07, 6.45) is 1.13. The zero-order valence-electron chi connectivity index (χ0n) is 8.50. The highest BCUT2D eigenvalue weighted by Crippen LogP contribution is 2.23. The molecule has 0 aliphatic carbocycles. The standard InChI is InChI=1S/C11H14N2S/c1-3-5-12-11-8(2)7-10-9(13-11)4-6-14-10/h4,6-7H,3,5H2,1-2H3,(H,12,13). The van der Waals surface area contributed by atoms with Gasteiger partial charge >= 0.3 is 0 Å². The molecule has 0 aliphatic rings. The van der Waals surface area contributed by atoms with Crippen molar-refractivity contribution in [1.29, 1.82) is 0 Å². The first kappa shape index (κ1) is 9.46. The van der Waals surface area contributed by atoms with Crippen LogP contribution < -0.4 is 5.32 Å². The van der Waals surface area contributed by atoms with Crippen LogP contribution in [0.15, 0.2) is 17.5 Å². The number of rotatable bonds is 3. The Hall–Kier alpha value is -1.09. The number of hydrogen-bond donors (Lipinski definition) is 1. The Morgan fingerprint density at radius 3 is 3.14 bits per heavy atom. The first-order valence-corrected chi connectivity index (χ1v) is 5.78. The highest BCUT2D eigenvalue weighted by Gasteiger charge is 2.02. The van der Waals surface area contributed by atoms with Gasteiger partial charge in [0.1, 0.15) is 5.82 Å². The van der Waals surface area contributed by atoms with Gasteiger partial charge in [0.15, 0.2) is 0 Å². The lowest BCUT2D eigenvalue weighted by atomic mass is 10.2. The van der Waals surface area contributed by atoms with Crippen LogP contribution in [0.4, 0.5) is 5.82 Å². The average molecular weight is 206 g/mol. The van der Waals surface area contributed by atoms with Crippen LogP contribution in [0.1, 0.15) is 18.9 Å². The van der Waals surface area contributed by atoms with Crippen LogP contribution in [0.3, 0.4) is 0 Å². The lowest BCUT2D eigenvalue weighted by molar-refractivity contribution is 0.968. The van der Waals surface area contributed by atoms with Crippen LogP contribution in [0.2, 0.25) is 0 Å². The molecule has 1 N–H and O–H groups in total. The third-order valence-corrected chi connectivity index (χ3v) is 3.02. The molecule has 2 aromatic rings. The van der Waals surface area contributed by atoms with E-state index in [9.17, 15) is 0 Å². The molecule has 0 amide bonds. The zero-order valence-corrected chi connectivity index (χ0v) is 9.32. The number of aromatic nitrogens is 1. The van der Waals surface area contributed by atoms with Gasteiger partial charge in [0.05, 0.1) is 10.2 Å². The van der Waals surface area contributed by atoms with Gasteiger partial charge in [-0.25, -0.2) is 4.98 Å². The SMILES string of the molecule is CCCNc1nc2ccsc2cc1C. The third kappa shape index (κ3) is 1.73. The predicted octanol–water partition coefficient (Wildman–Crippen LogP) is 3.43. The summed E-state index contributed by atoms with van der Waals surface area (Å²) in [5.74, 6) is 1.03. The second-order valence-electron chi connectivity index (χ2n) is 3.38. The van der Waals surface area contributed by atoms with Gasteiger partial charge in [-0.15, -0.1) is 11.3 Å². The minimum absolute atomic E-state index is 0.990. The van der Waals surface area contributed by atoms with E-state index in [-0.39, 0.29) is 0 Å². The van der Waals surface area contributed by atoms with Gasteiger partial charge in [0.25, 0.3) is 0 Å². The normalized spacial score (nSPS) is 10.7. The third-order valence-electron chi connectivity index (χ3n) is 2.17. The second kappa shape index (κ2) is 3.96. The van der Waals surface area contributed by atoms with Gasteiger partial charge in [-0.05, 0) is 36.4 Å². The molecule has 14 heavy (non-hydrogen) atoms. The highest BCUT2D eigenvalue weighted by atomic mass is 32.1. The molecular weight excluding hydrogens is 192 g/mol. The van der Waals surface area contributed by atoms with E-state index in [4.69, 9.17) is 0 Å². The molecule has 0 spiro atoms. The van der Waals surface area contributed by atoms with E-state index in [1.807, 2.05) is 0 Å². The number of aryl methyl sites for hydroxylation is 1. The molecular formula is C11H14N2S. The Morgan fingerprint density at radius 2 is 2.36 bits per heavy atom. The van der Waals surface area contributed by atoms with Gasteiger partial charge in [0, 0.05) is 6.54 Å². The fraction of sp³-hybridized carbons (Fsp3) is 0.364. The fourth-order valence-electron chi connectivity index (χ4n) is 1.41. The van der Waals surface area contributed by atoms with E-state index in [2.05, 4.69) is 41.7 Å². The summed E-state index contributed by atoms with van der Waals surface area (Å²) in [5.41, 5.74) is 2.33. The van der Waals surface area contributed by atoms with Crippen LogP contribution in [-0.2, 0) is 0 Å². The Labute approximate surface area is 88.0 Å². The lowest BCUT2D eigenvalue weighted by Gasteiger charge is -2.06. The van der Waals surface area contributed by atoms with Crippen molar-refractivity contribution >= 4 is 27.4 Å². The van der Waals surface area contributed by atoms with Crippen molar-refractivity contribution in [3.8, 4) is 0 Å². The highest BCUT2D eigenvalue weighted by molar-refractivity contribution is 7.17. The van der Waals surface area contributed by atoms with Crippen LogP contribution in [0.5, 0.6) is 0 Å². The van der Waals surface area contributed by atoms with E-state index in [1.165, 1.54) is 10.3 Å². The maximum Gasteiger partial charge on any atom is 0.129 e. The maximum absolute atomic E-state index is 4.57. The molecule has 0 saturated heterocycles. The van der Waals surface area contributed by atoms with E-state index in [0.717, 1.165) is 24.3 Å². The molecule has 2 rings (SSSR count). The molecule has 0 radical (unpaired) electrons. The van der Waals surface area contributed by atoms with Crippen molar-refractivity contribution in [2.24, 2.45) is 0 Å². The molecule has 3 heteroatoms. The van der Waals surface area contributed by atoms with Crippen LogP contribution in [0.25, 0.3) is 10.2 Å². The van der Waals surface area contributed by atoms with E-state index in [0.29, 0.717) is 0 Å². The fourth-order valence-corrected chi connectivity index (χ4v) is 2.23. The Morgan fingerprint density at radius 1 is 1.50 bits per heavy atom. The molecule has 74 valence electrons. The molecule has 0 unspecified atom stereocenters. The Kier molecular flexibility index (Phi) is 2.68. The van der Waals surface area contributed by atoms with E-state index >= 15 is 0 Å². The van der Waals surface area contributed by atoms with Gasteiger partial charge in [0.2, 0.25) is 0 Å². The molecule has 2 nitrogen and oxygen atoms in total. The number of thiophene rings is 1. The molecule has 2 aromatic heterocycles. The zero-order chi connectivity index (χ0) is 9.97. The summed E-state index contributed by atoms with van der Waals surface area (Å²) in [6, 6.07) is 4.27. The first-order chi connectivity index (χ1) is 6.81. The van der Waals surface area contributed by atoms with Crippen molar-refractivity contribution in [2.75, 3.05) is 11.9 Å².